The molecule has 1 spiro atoms. The molecule has 4 nitrogen and oxygen atoms in total. The maximum atomic E-state index is 4.52. The van der Waals surface area contributed by atoms with Gasteiger partial charge in [-0.25, -0.2) is 9.97 Å². The van der Waals surface area contributed by atoms with E-state index in [-0.39, 0.29) is 0 Å². The van der Waals surface area contributed by atoms with Crippen LogP contribution in [0.3, 0.4) is 0 Å². The highest BCUT2D eigenvalue weighted by Gasteiger charge is 2.40. The molecule has 2 aliphatic rings. The maximum Gasteiger partial charge on any atom is 0.132 e. The lowest BCUT2D eigenvalue weighted by molar-refractivity contribution is 0.233. The minimum atomic E-state index is 0.466. The lowest BCUT2D eigenvalue weighted by Gasteiger charge is -2.41. The molecule has 0 bridgehead atoms. The van der Waals surface area contributed by atoms with Crippen LogP contribution in [-0.4, -0.2) is 48.1 Å². The molecule has 0 aliphatic carbocycles. The summed E-state index contributed by atoms with van der Waals surface area (Å²) in [6.07, 6.45) is 5.72. The zero-order valence-corrected chi connectivity index (χ0v) is 13.0. The number of hydrogen-bond acceptors (Lipinski definition) is 4. The molecule has 2 saturated heterocycles. The SMILES string of the molecule is CC(C)c1cc(N2CCC[C@]3(CCN(C)C3)C2)ncn1. The van der Waals surface area contributed by atoms with Crippen molar-refractivity contribution in [1.82, 2.24) is 14.9 Å². The van der Waals surface area contributed by atoms with Gasteiger partial charge in [-0.15, -0.1) is 0 Å². The van der Waals surface area contributed by atoms with E-state index in [1.54, 1.807) is 6.33 Å². The van der Waals surface area contributed by atoms with E-state index in [2.05, 4.69) is 46.7 Å². The van der Waals surface area contributed by atoms with Gasteiger partial charge in [-0.1, -0.05) is 13.8 Å². The highest BCUT2D eigenvalue weighted by molar-refractivity contribution is 5.40. The van der Waals surface area contributed by atoms with Gasteiger partial charge in [-0.05, 0) is 38.8 Å². The third-order valence-corrected chi connectivity index (χ3v) is 4.88. The van der Waals surface area contributed by atoms with Crippen LogP contribution in [-0.2, 0) is 0 Å². The number of likely N-dealkylation sites (tertiary alicyclic amines) is 1. The summed E-state index contributed by atoms with van der Waals surface area (Å²) in [5.74, 6) is 1.59. The summed E-state index contributed by atoms with van der Waals surface area (Å²) in [6, 6.07) is 2.18. The third-order valence-electron chi connectivity index (χ3n) is 4.88. The molecule has 1 aromatic rings. The first-order chi connectivity index (χ1) is 9.58. The van der Waals surface area contributed by atoms with Gasteiger partial charge in [0.1, 0.15) is 12.1 Å². The van der Waals surface area contributed by atoms with Crippen molar-refractivity contribution >= 4 is 5.82 Å². The summed E-state index contributed by atoms with van der Waals surface area (Å²) in [5, 5.41) is 0. The van der Waals surface area contributed by atoms with Gasteiger partial charge in [-0.3, -0.25) is 0 Å². The molecule has 0 saturated carbocycles. The Morgan fingerprint density at radius 1 is 1.15 bits per heavy atom. The lowest BCUT2D eigenvalue weighted by Crippen LogP contribution is -2.45. The first-order valence-electron chi connectivity index (χ1n) is 7.83. The van der Waals surface area contributed by atoms with Crippen LogP contribution in [0.1, 0.15) is 44.7 Å². The Bertz CT molecular complexity index is 469. The molecule has 4 heteroatoms. The summed E-state index contributed by atoms with van der Waals surface area (Å²) in [4.78, 5) is 13.9. The molecule has 0 unspecified atom stereocenters. The van der Waals surface area contributed by atoms with Crippen LogP contribution in [0.25, 0.3) is 0 Å². The lowest BCUT2D eigenvalue weighted by atomic mass is 9.79. The Morgan fingerprint density at radius 3 is 2.70 bits per heavy atom. The van der Waals surface area contributed by atoms with Crippen molar-refractivity contribution in [3.63, 3.8) is 0 Å². The van der Waals surface area contributed by atoms with Crippen molar-refractivity contribution in [1.29, 1.82) is 0 Å². The molecular weight excluding hydrogens is 248 g/mol. The van der Waals surface area contributed by atoms with Gasteiger partial charge < -0.3 is 9.80 Å². The van der Waals surface area contributed by atoms with Crippen LogP contribution >= 0.6 is 0 Å². The first kappa shape index (κ1) is 13.8. The van der Waals surface area contributed by atoms with Gasteiger partial charge in [0.15, 0.2) is 0 Å². The highest BCUT2D eigenvalue weighted by atomic mass is 15.2. The van der Waals surface area contributed by atoms with Gasteiger partial charge in [0.25, 0.3) is 0 Å². The summed E-state index contributed by atoms with van der Waals surface area (Å²) in [5.41, 5.74) is 1.65. The molecule has 110 valence electrons. The van der Waals surface area contributed by atoms with Gasteiger partial charge in [-0.2, -0.15) is 0 Å². The molecule has 0 radical (unpaired) electrons. The second-order valence-corrected chi connectivity index (χ2v) is 6.97. The number of piperidine rings is 1. The molecule has 1 atom stereocenters. The smallest absolute Gasteiger partial charge is 0.132 e. The summed E-state index contributed by atoms with van der Waals surface area (Å²) < 4.78 is 0. The van der Waals surface area contributed by atoms with E-state index in [1.165, 1.54) is 32.4 Å². The fraction of sp³-hybridized carbons (Fsp3) is 0.750. The first-order valence-corrected chi connectivity index (χ1v) is 7.83. The van der Waals surface area contributed by atoms with E-state index < -0.39 is 0 Å². The van der Waals surface area contributed by atoms with Crippen LogP contribution in [0.15, 0.2) is 12.4 Å². The van der Waals surface area contributed by atoms with Crippen LogP contribution in [0.4, 0.5) is 5.82 Å². The quantitative estimate of drug-likeness (QED) is 0.829. The molecule has 2 fully saturated rings. The van der Waals surface area contributed by atoms with Crippen molar-refractivity contribution in [3.8, 4) is 0 Å². The predicted octanol–water partition coefficient (Wildman–Crippen LogP) is 2.52. The van der Waals surface area contributed by atoms with Crippen LogP contribution in [0.2, 0.25) is 0 Å². The van der Waals surface area contributed by atoms with Crippen LogP contribution < -0.4 is 4.90 Å². The Hall–Kier alpha value is -1.16. The number of nitrogens with zero attached hydrogens (tertiary/aromatic N) is 4. The topological polar surface area (TPSA) is 32.3 Å². The second kappa shape index (κ2) is 5.32. The number of anilines is 1. The average Bonchev–Trinajstić information content (AvgIpc) is 2.79. The predicted molar refractivity (Wildman–Crippen MR) is 82.1 cm³/mol. The van der Waals surface area contributed by atoms with Gasteiger partial charge in [0.2, 0.25) is 0 Å². The number of hydrogen-bond donors (Lipinski definition) is 0. The molecule has 3 rings (SSSR count). The van der Waals surface area contributed by atoms with E-state index in [0.717, 1.165) is 24.6 Å². The molecule has 20 heavy (non-hydrogen) atoms. The standard InChI is InChI=1S/C16H26N4/c1-13(2)14-9-15(18-12-17-14)20-7-4-5-16(11-20)6-8-19(3)10-16/h9,12-13H,4-8,10-11H2,1-3H3/t16-/m1/s1. The Balaban J connectivity index is 1.78. The van der Waals surface area contributed by atoms with Gasteiger partial charge in [0.05, 0.1) is 0 Å². The third kappa shape index (κ3) is 2.66. The van der Waals surface area contributed by atoms with E-state index in [9.17, 15) is 0 Å². The number of aromatic nitrogens is 2. The monoisotopic (exact) mass is 274 g/mol. The molecule has 0 amide bonds. The highest BCUT2D eigenvalue weighted by Crippen LogP contribution is 2.39. The largest absolute Gasteiger partial charge is 0.356 e. The Kier molecular flexibility index (Phi) is 3.67. The molecular formula is C16H26N4. The zero-order chi connectivity index (χ0) is 14.2. The van der Waals surface area contributed by atoms with E-state index in [1.807, 2.05) is 0 Å². The van der Waals surface area contributed by atoms with Crippen molar-refractivity contribution in [2.45, 2.75) is 39.0 Å². The number of rotatable bonds is 2. The zero-order valence-electron chi connectivity index (χ0n) is 13.0. The second-order valence-electron chi connectivity index (χ2n) is 6.97. The average molecular weight is 274 g/mol. The van der Waals surface area contributed by atoms with E-state index in [0.29, 0.717) is 11.3 Å². The molecule has 3 heterocycles. The molecule has 0 aromatic carbocycles. The molecule has 1 aromatic heterocycles. The van der Waals surface area contributed by atoms with Gasteiger partial charge >= 0.3 is 0 Å². The molecule has 2 aliphatic heterocycles. The summed E-state index contributed by atoms with van der Waals surface area (Å²) in [7, 11) is 2.25. The van der Waals surface area contributed by atoms with Crippen LogP contribution in [0.5, 0.6) is 0 Å². The van der Waals surface area contributed by atoms with Crippen molar-refractivity contribution in [2.24, 2.45) is 5.41 Å². The van der Waals surface area contributed by atoms with Crippen molar-refractivity contribution in [3.05, 3.63) is 18.1 Å². The van der Waals surface area contributed by atoms with Crippen molar-refractivity contribution in [2.75, 3.05) is 38.1 Å². The minimum Gasteiger partial charge on any atom is -0.356 e. The van der Waals surface area contributed by atoms with Crippen molar-refractivity contribution < 1.29 is 0 Å². The summed E-state index contributed by atoms with van der Waals surface area (Å²) >= 11 is 0. The Morgan fingerprint density at radius 2 is 2.00 bits per heavy atom. The fourth-order valence-electron chi connectivity index (χ4n) is 3.75. The summed E-state index contributed by atoms with van der Waals surface area (Å²) in [6.45, 7) is 9.16. The fourth-order valence-corrected chi connectivity index (χ4v) is 3.75. The molecule has 0 N–H and O–H groups in total. The van der Waals surface area contributed by atoms with E-state index >= 15 is 0 Å². The van der Waals surface area contributed by atoms with Crippen LogP contribution in [0, 0.1) is 5.41 Å². The van der Waals surface area contributed by atoms with E-state index in [4.69, 9.17) is 0 Å². The minimum absolute atomic E-state index is 0.466. The Labute approximate surface area is 122 Å². The van der Waals surface area contributed by atoms with Gasteiger partial charge in [0, 0.05) is 36.8 Å². The maximum absolute atomic E-state index is 4.52. The normalized spacial score (nSPS) is 27.7.